The van der Waals surface area contributed by atoms with E-state index in [4.69, 9.17) is 0 Å². The van der Waals surface area contributed by atoms with E-state index in [1.165, 1.54) is 25.7 Å². The molecule has 1 heterocycles. The number of carbonyl (C=O) groups excluding carboxylic acids is 1. The normalized spacial score (nSPS) is 22.8. The number of nitrogens with one attached hydrogen (secondary N) is 1. The minimum absolute atomic E-state index is 0.289. The lowest BCUT2D eigenvalue weighted by molar-refractivity contribution is -0.129. The van der Waals surface area contributed by atoms with Gasteiger partial charge in [0.2, 0.25) is 5.91 Å². The van der Waals surface area contributed by atoms with E-state index in [-0.39, 0.29) is 5.91 Å². The highest BCUT2D eigenvalue weighted by Crippen LogP contribution is 2.51. The molecule has 0 unspecified atom stereocenters. The van der Waals surface area contributed by atoms with Gasteiger partial charge in [0, 0.05) is 19.6 Å². The van der Waals surface area contributed by atoms with Crippen molar-refractivity contribution in [2.24, 2.45) is 11.3 Å². The van der Waals surface area contributed by atoms with Gasteiger partial charge in [-0.05, 0) is 37.0 Å². The molecule has 2 fully saturated rings. The first-order chi connectivity index (χ1) is 7.64. The highest BCUT2D eigenvalue weighted by molar-refractivity contribution is 5.78. The number of carbonyl (C=O) groups is 1. The predicted molar refractivity (Wildman–Crippen MR) is 65.2 cm³/mol. The SMILES string of the molecule is CC(C)C1(CNCC(=O)N2CCCC2)CC1. The van der Waals surface area contributed by atoms with E-state index in [9.17, 15) is 4.79 Å². The average molecular weight is 224 g/mol. The van der Waals surface area contributed by atoms with Crippen LogP contribution in [0.2, 0.25) is 0 Å². The third kappa shape index (κ3) is 2.57. The van der Waals surface area contributed by atoms with Gasteiger partial charge in [-0.3, -0.25) is 4.79 Å². The Balaban J connectivity index is 1.66. The van der Waals surface area contributed by atoms with Crippen molar-refractivity contribution >= 4 is 5.91 Å². The van der Waals surface area contributed by atoms with Crippen molar-refractivity contribution in [3.8, 4) is 0 Å². The second kappa shape index (κ2) is 4.74. The van der Waals surface area contributed by atoms with Crippen LogP contribution in [0.4, 0.5) is 0 Å². The van der Waals surface area contributed by atoms with E-state index in [1.54, 1.807) is 0 Å². The molecule has 0 radical (unpaired) electrons. The fourth-order valence-electron chi connectivity index (χ4n) is 2.62. The summed E-state index contributed by atoms with van der Waals surface area (Å²) < 4.78 is 0. The molecule has 2 rings (SSSR count). The molecule has 1 N–H and O–H groups in total. The Bertz CT molecular complexity index is 253. The summed E-state index contributed by atoms with van der Waals surface area (Å²) >= 11 is 0. The molecular weight excluding hydrogens is 200 g/mol. The second-order valence-corrected chi connectivity index (χ2v) is 5.71. The summed E-state index contributed by atoms with van der Waals surface area (Å²) in [5.41, 5.74) is 0.505. The highest BCUT2D eigenvalue weighted by Gasteiger charge is 2.44. The van der Waals surface area contributed by atoms with Gasteiger partial charge in [-0.15, -0.1) is 0 Å². The van der Waals surface area contributed by atoms with Crippen molar-refractivity contribution < 1.29 is 4.79 Å². The number of rotatable bonds is 5. The molecule has 3 nitrogen and oxygen atoms in total. The molecule has 2 aliphatic rings. The molecule has 1 aliphatic carbocycles. The number of hydrogen-bond acceptors (Lipinski definition) is 2. The van der Waals surface area contributed by atoms with Gasteiger partial charge in [0.25, 0.3) is 0 Å². The van der Waals surface area contributed by atoms with Crippen LogP contribution in [0, 0.1) is 11.3 Å². The first kappa shape index (κ1) is 11.9. The summed E-state index contributed by atoms with van der Waals surface area (Å²) in [5.74, 6) is 1.03. The van der Waals surface area contributed by atoms with Crippen molar-refractivity contribution in [2.45, 2.75) is 39.5 Å². The molecule has 3 heteroatoms. The maximum absolute atomic E-state index is 11.8. The van der Waals surface area contributed by atoms with Gasteiger partial charge < -0.3 is 10.2 Å². The molecule has 0 aromatic heterocycles. The standard InChI is InChI=1S/C13H24N2O/c1-11(2)13(5-6-13)10-14-9-12(16)15-7-3-4-8-15/h11,14H,3-10H2,1-2H3. The quantitative estimate of drug-likeness (QED) is 0.770. The second-order valence-electron chi connectivity index (χ2n) is 5.71. The molecule has 0 atom stereocenters. The first-order valence-electron chi connectivity index (χ1n) is 6.62. The Morgan fingerprint density at radius 2 is 1.94 bits per heavy atom. The van der Waals surface area contributed by atoms with Crippen molar-refractivity contribution in [3.63, 3.8) is 0 Å². The third-order valence-corrected chi connectivity index (χ3v) is 4.33. The zero-order valence-electron chi connectivity index (χ0n) is 10.6. The van der Waals surface area contributed by atoms with E-state index < -0.39 is 0 Å². The summed E-state index contributed by atoms with van der Waals surface area (Å²) in [7, 11) is 0. The van der Waals surface area contributed by atoms with E-state index in [1.807, 2.05) is 4.90 Å². The number of hydrogen-bond donors (Lipinski definition) is 1. The average Bonchev–Trinajstić information content (AvgIpc) is 2.85. The Morgan fingerprint density at radius 1 is 1.31 bits per heavy atom. The van der Waals surface area contributed by atoms with Crippen molar-refractivity contribution in [2.75, 3.05) is 26.2 Å². The molecule has 16 heavy (non-hydrogen) atoms. The maximum Gasteiger partial charge on any atom is 0.236 e. The van der Waals surface area contributed by atoms with E-state index in [0.29, 0.717) is 12.0 Å². The molecule has 0 spiro atoms. The van der Waals surface area contributed by atoms with Gasteiger partial charge in [-0.1, -0.05) is 13.8 Å². The number of amides is 1. The van der Waals surface area contributed by atoms with Crippen molar-refractivity contribution in [1.82, 2.24) is 10.2 Å². The lowest BCUT2D eigenvalue weighted by Crippen LogP contribution is -2.39. The summed E-state index contributed by atoms with van der Waals surface area (Å²) in [6.45, 7) is 8.07. The van der Waals surface area contributed by atoms with Crippen LogP contribution in [0.5, 0.6) is 0 Å². The molecule has 0 aromatic carbocycles. The molecule has 1 saturated carbocycles. The van der Waals surface area contributed by atoms with Gasteiger partial charge in [-0.25, -0.2) is 0 Å². The Labute approximate surface area is 98.6 Å². The van der Waals surface area contributed by atoms with Crippen molar-refractivity contribution in [3.05, 3.63) is 0 Å². The van der Waals surface area contributed by atoms with E-state index in [0.717, 1.165) is 25.6 Å². The number of nitrogens with zero attached hydrogens (tertiary/aromatic N) is 1. The molecule has 1 aliphatic heterocycles. The van der Waals surface area contributed by atoms with Crippen LogP contribution in [-0.4, -0.2) is 37.0 Å². The van der Waals surface area contributed by atoms with E-state index in [2.05, 4.69) is 19.2 Å². The highest BCUT2D eigenvalue weighted by atomic mass is 16.2. The van der Waals surface area contributed by atoms with Crippen LogP contribution >= 0.6 is 0 Å². The molecular formula is C13H24N2O. The summed E-state index contributed by atoms with van der Waals surface area (Å²) in [5, 5.41) is 3.35. The molecule has 1 saturated heterocycles. The first-order valence-corrected chi connectivity index (χ1v) is 6.62. The Morgan fingerprint density at radius 3 is 2.44 bits per heavy atom. The molecule has 1 amide bonds. The van der Waals surface area contributed by atoms with Gasteiger partial charge in [0.1, 0.15) is 0 Å². The maximum atomic E-state index is 11.8. The Hall–Kier alpha value is -0.570. The van der Waals surface area contributed by atoms with Crippen LogP contribution in [-0.2, 0) is 4.79 Å². The third-order valence-electron chi connectivity index (χ3n) is 4.33. The van der Waals surface area contributed by atoms with E-state index >= 15 is 0 Å². The van der Waals surface area contributed by atoms with Crippen LogP contribution in [0.1, 0.15) is 39.5 Å². The molecule has 0 aromatic rings. The number of likely N-dealkylation sites (tertiary alicyclic amines) is 1. The lowest BCUT2D eigenvalue weighted by atomic mass is 9.92. The zero-order chi connectivity index (χ0) is 11.6. The fraction of sp³-hybridized carbons (Fsp3) is 0.923. The Kier molecular flexibility index (Phi) is 3.53. The van der Waals surface area contributed by atoms with Crippen LogP contribution in [0.15, 0.2) is 0 Å². The molecule has 0 bridgehead atoms. The summed E-state index contributed by atoms with van der Waals surface area (Å²) in [6.07, 6.45) is 5.02. The van der Waals surface area contributed by atoms with Gasteiger partial charge in [0.15, 0.2) is 0 Å². The van der Waals surface area contributed by atoms with Crippen LogP contribution in [0.25, 0.3) is 0 Å². The zero-order valence-corrected chi connectivity index (χ0v) is 10.6. The van der Waals surface area contributed by atoms with Crippen LogP contribution in [0.3, 0.4) is 0 Å². The summed E-state index contributed by atoms with van der Waals surface area (Å²) in [4.78, 5) is 13.8. The van der Waals surface area contributed by atoms with Gasteiger partial charge in [0.05, 0.1) is 6.54 Å². The monoisotopic (exact) mass is 224 g/mol. The van der Waals surface area contributed by atoms with Crippen molar-refractivity contribution in [1.29, 1.82) is 0 Å². The summed E-state index contributed by atoms with van der Waals surface area (Å²) in [6, 6.07) is 0. The van der Waals surface area contributed by atoms with Gasteiger partial charge >= 0.3 is 0 Å². The molecule has 92 valence electrons. The smallest absolute Gasteiger partial charge is 0.236 e. The topological polar surface area (TPSA) is 32.3 Å². The fourth-order valence-corrected chi connectivity index (χ4v) is 2.62. The van der Waals surface area contributed by atoms with Gasteiger partial charge in [-0.2, -0.15) is 0 Å². The lowest BCUT2D eigenvalue weighted by Gasteiger charge is -2.21. The van der Waals surface area contributed by atoms with Crippen LogP contribution < -0.4 is 5.32 Å². The predicted octanol–water partition coefficient (Wildman–Crippen LogP) is 1.63. The minimum atomic E-state index is 0.289. The minimum Gasteiger partial charge on any atom is -0.342 e. The largest absolute Gasteiger partial charge is 0.342 e.